The number of rotatable bonds is 5. The third kappa shape index (κ3) is 5.09. The smallest absolute Gasteiger partial charge is 0.336 e. The van der Waals surface area contributed by atoms with Crippen LogP contribution in [-0.4, -0.2) is 48.4 Å². The molecule has 1 fully saturated rings. The zero-order valence-corrected chi connectivity index (χ0v) is 19.3. The summed E-state index contributed by atoms with van der Waals surface area (Å²) in [6.07, 6.45) is 0. The van der Waals surface area contributed by atoms with Crippen LogP contribution in [0.25, 0.3) is 11.0 Å². The average Bonchev–Trinajstić information content (AvgIpc) is 2.71. The molecule has 1 N–H and O–H groups in total. The largest absolute Gasteiger partial charge is 0.423 e. The van der Waals surface area contributed by atoms with Crippen LogP contribution in [0.15, 0.2) is 45.6 Å². The van der Waals surface area contributed by atoms with Crippen LogP contribution in [0.3, 0.4) is 0 Å². The molecule has 1 amide bonds. The van der Waals surface area contributed by atoms with E-state index in [0.717, 1.165) is 59.5 Å². The minimum atomic E-state index is -0.310. The van der Waals surface area contributed by atoms with E-state index in [1.165, 1.54) is 5.56 Å². The van der Waals surface area contributed by atoms with Crippen molar-refractivity contribution in [2.24, 2.45) is 0 Å². The highest BCUT2D eigenvalue weighted by atomic mass is 16.4. The number of hydrogen-bond donors (Lipinski definition) is 1. The Morgan fingerprint density at radius 3 is 2.25 bits per heavy atom. The Balaban J connectivity index is 1.35. The third-order valence-corrected chi connectivity index (χ3v) is 6.15. The second-order valence-corrected chi connectivity index (χ2v) is 8.96. The molecule has 1 saturated heterocycles. The summed E-state index contributed by atoms with van der Waals surface area (Å²) in [6, 6.07) is 11.8. The molecular weight excluding hydrogens is 402 g/mol. The lowest BCUT2D eigenvalue weighted by Gasteiger charge is -2.34. The first-order valence-electron chi connectivity index (χ1n) is 11.1. The maximum Gasteiger partial charge on any atom is 0.336 e. The molecule has 4 rings (SSSR count). The number of aryl methyl sites for hydroxylation is 4. The lowest BCUT2D eigenvalue weighted by atomic mass is 10.1. The van der Waals surface area contributed by atoms with Gasteiger partial charge in [0.15, 0.2) is 0 Å². The van der Waals surface area contributed by atoms with Crippen molar-refractivity contribution >= 4 is 22.6 Å². The van der Waals surface area contributed by atoms with E-state index in [-0.39, 0.29) is 11.5 Å². The Morgan fingerprint density at radius 2 is 1.56 bits per heavy atom. The molecule has 0 spiro atoms. The van der Waals surface area contributed by atoms with Crippen LogP contribution >= 0.6 is 0 Å². The Hall–Kier alpha value is -2.96. The number of benzene rings is 2. The number of carbonyl (C=O) groups excluding carboxylic acids is 1. The van der Waals surface area contributed by atoms with Gasteiger partial charge in [-0.1, -0.05) is 29.8 Å². The lowest BCUT2D eigenvalue weighted by molar-refractivity contribution is -0.117. The molecule has 2 aromatic carbocycles. The number of fused-ring (bicyclic) bond motifs is 1. The van der Waals surface area contributed by atoms with Gasteiger partial charge < -0.3 is 9.73 Å². The van der Waals surface area contributed by atoms with Gasteiger partial charge in [0.1, 0.15) is 5.58 Å². The molecule has 6 nitrogen and oxygen atoms in total. The topological polar surface area (TPSA) is 65.8 Å². The predicted octanol–water partition coefficient (Wildman–Crippen LogP) is 3.78. The highest BCUT2D eigenvalue weighted by molar-refractivity contribution is 5.93. The van der Waals surface area contributed by atoms with Crippen LogP contribution in [0.1, 0.15) is 27.8 Å². The van der Waals surface area contributed by atoms with Gasteiger partial charge in [0, 0.05) is 49.9 Å². The van der Waals surface area contributed by atoms with Crippen molar-refractivity contribution < 1.29 is 9.21 Å². The van der Waals surface area contributed by atoms with E-state index in [4.69, 9.17) is 4.42 Å². The molecule has 1 aromatic heterocycles. The van der Waals surface area contributed by atoms with Gasteiger partial charge in [-0.15, -0.1) is 0 Å². The van der Waals surface area contributed by atoms with Crippen LogP contribution in [0.4, 0.5) is 5.69 Å². The molecular formula is C26H31N3O3. The van der Waals surface area contributed by atoms with Crippen molar-refractivity contribution in [3.8, 4) is 0 Å². The third-order valence-electron chi connectivity index (χ3n) is 6.15. The number of amides is 1. The van der Waals surface area contributed by atoms with E-state index in [1.807, 2.05) is 39.0 Å². The molecule has 1 aliphatic heterocycles. The second-order valence-electron chi connectivity index (χ2n) is 8.96. The quantitative estimate of drug-likeness (QED) is 0.621. The van der Waals surface area contributed by atoms with E-state index in [9.17, 15) is 9.59 Å². The SMILES string of the molecule is Cc1cc(C)c(NC(=O)CN2CCN(Cc3cc(=O)oc4cc(C)ccc34)CC2)c(C)c1. The predicted molar refractivity (Wildman–Crippen MR) is 128 cm³/mol. The summed E-state index contributed by atoms with van der Waals surface area (Å²) in [7, 11) is 0. The molecule has 0 atom stereocenters. The monoisotopic (exact) mass is 433 g/mol. The summed E-state index contributed by atoms with van der Waals surface area (Å²) < 4.78 is 5.38. The molecule has 0 bridgehead atoms. The molecule has 6 heteroatoms. The minimum absolute atomic E-state index is 0.0236. The molecule has 0 saturated carbocycles. The van der Waals surface area contributed by atoms with Crippen LogP contribution < -0.4 is 10.9 Å². The highest BCUT2D eigenvalue weighted by Crippen LogP contribution is 2.22. The molecule has 3 aromatic rings. The molecule has 32 heavy (non-hydrogen) atoms. The second kappa shape index (κ2) is 9.27. The van der Waals surface area contributed by atoms with E-state index in [2.05, 4.69) is 34.2 Å². The number of nitrogens with one attached hydrogen (secondary N) is 1. The van der Waals surface area contributed by atoms with Crippen LogP contribution in [0, 0.1) is 27.7 Å². The van der Waals surface area contributed by atoms with Gasteiger partial charge in [0.05, 0.1) is 6.54 Å². The molecule has 0 unspecified atom stereocenters. The first-order chi connectivity index (χ1) is 15.3. The Morgan fingerprint density at radius 1 is 0.906 bits per heavy atom. The van der Waals surface area contributed by atoms with Gasteiger partial charge in [0.25, 0.3) is 0 Å². The van der Waals surface area contributed by atoms with Crippen molar-refractivity contribution in [2.75, 3.05) is 38.0 Å². The van der Waals surface area contributed by atoms with Gasteiger partial charge in [-0.05, 0) is 56.0 Å². The van der Waals surface area contributed by atoms with Gasteiger partial charge in [0.2, 0.25) is 5.91 Å². The van der Waals surface area contributed by atoms with Crippen molar-refractivity contribution in [1.29, 1.82) is 0 Å². The summed E-state index contributed by atoms with van der Waals surface area (Å²) >= 11 is 0. The average molecular weight is 434 g/mol. The van der Waals surface area contributed by atoms with Crippen molar-refractivity contribution in [2.45, 2.75) is 34.2 Å². The summed E-state index contributed by atoms with van der Waals surface area (Å²) in [5.41, 5.74) is 6.71. The first kappa shape index (κ1) is 22.2. The number of piperazine rings is 1. The van der Waals surface area contributed by atoms with Crippen molar-refractivity contribution in [3.63, 3.8) is 0 Å². The fraction of sp³-hybridized carbons (Fsp3) is 0.385. The van der Waals surface area contributed by atoms with Crippen molar-refractivity contribution in [3.05, 3.63) is 74.6 Å². The van der Waals surface area contributed by atoms with Crippen molar-refractivity contribution in [1.82, 2.24) is 9.80 Å². The normalized spacial score (nSPS) is 15.2. The fourth-order valence-electron chi connectivity index (χ4n) is 4.57. The number of hydrogen-bond acceptors (Lipinski definition) is 5. The number of nitrogens with zero attached hydrogens (tertiary/aromatic N) is 2. The minimum Gasteiger partial charge on any atom is -0.423 e. The Kier molecular flexibility index (Phi) is 6.44. The Bertz CT molecular complexity index is 1180. The number of anilines is 1. The summed E-state index contributed by atoms with van der Waals surface area (Å²) in [5, 5.41) is 4.08. The Labute approximate surface area is 188 Å². The maximum absolute atomic E-state index is 12.6. The van der Waals surface area contributed by atoms with E-state index >= 15 is 0 Å². The van der Waals surface area contributed by atoms with E-state index < -0.39 is 0 Å². The van der Waals surface area contributed by atoms with E-state index in [1.54, 1.807) is 6.07 Å². The van der Waals surface area contributed by atoms with Gasteiger partial charge >= 0.3 is 5.63 Å². The molecule has 168 valence electrons. The summed E-state index contributed by atoms with van der Waals surface area (Å²) in [5.74, 6) is 0.0236. The van der Waals surface area contributed by atoms with Crippen LogP contribution in [0.2, 0.25) is 0 Å². The standard InChI is InChI=1S/C26H31N3O3/c1-17-5-6-22-21(14-25(31)32-23(22)13-17)15-28-7-9-29(10-8-28)16-24(30)27-26-19(3)11-18(2)12-20(26)4/h5-6,11-14H,7-10,15-16H2,1-4H3,(H,27,30). The molecule has 0 radical (unpaired) electrons. The molecule has 1 aliphatic rings. The number of carbonyl (C=O) groups is 1. The zero-order valence-electron chi connectivity index (χ0n) is 19.3. The summed E-state index contributed by atoms with van der Waals surface area (Å²) in [4.78, 5) is 29.2. The van der Waals surface area contributed by atoms with Gasteiger partial charge in [-0.3, -0.25) is 14.6 Å². The summed E-state index contributed by atoms with van der Waals surface area (Å²) in [6.45, 7) is 12.5. The lowest BCUT2D eigenvalue weighted by Crippen LogP contribution is -2.48. The molecule has 0 aliphatic carbocycles. The first-order valence-corrected chi connectivity index (χ1v) is 11.1. The fourth-order valence-corrected chi connectivity index (χ4v) is 4.57. The zero-order chi connectivity index (χ0) is 22.8. The maximum atomic E-state index is 12.6. The van der Waals surface area contributed by atoms with Crippen LogP contribution in [-0.2, 0) is 11.3 Å². The van der Waals surface area contributed by atoms with Gasteiger partial charge in [-0.2, -0.15) is 0 Å². The molecule has 2 heterocycles. The van der Waals surface area contributed by atoms with E-state index in [0.29, 0.717) is 18.7 Å². The van der Waals surface area contributed by atoms with Gasteiger partial charge in [-0.25, -0.2) is 4.79 Å². The highest BCUT2D eigenvalue weighted by Gasteiger charge is 2.20. The van der Waals surface area contributed by atoms with Crippen LogP contribution in [0.5, 0.6) is 0 Å².